The molecule has 0 spiro atoms. The van der Waals surface area contributed by atoms with E-state index in [4.69, 9.17) is 23.2 Å². The molecule has 0 amide bonds. The summed E-state index contributed by atoms with van der Waals surface area (Å²) < 4.78 is 0. The monoisotopic (exact) mass is 317 g/mol. The molecule has 0 radical (unpaired) electrons. The van der Waals surface area contributed by atoms with E-state index in [2.05, 4.69) is 4.98 Å². The van der Waals surface area contributed by atoms with Crippen LogP contribution < -0.4 is 0 Å². The summed E-state index contributed by atoms with van der Waals surface area (Å²) in [7, 11) is 0. The van der Waals surface area contributed by atoms with E-state index in [0.29, 0.717) is 21.3 Å². The van der Waals surface area contributed by atoms with E-state index in [9.17, 15) is 5.11 Å². The predicted octanol–water partition coefficient (Wildman–Crippen LogP) is 4.93. The van der Waals surface area contributed by atoms with E-state index in [1.54, 1.807) is 18.2 Å². The summed E-state index contributed by atoms with van der Waals surface area (Å²) in [6, 6.07) is 14.8. The van der Waals surface area contributed by atoms with Crippen LogP contribution in [0.5, 0.6) is 0 Å². The summed E-state index contributed by atoms with van der Waals surface area (Å²) in [5.41, 5.74) is 3.04. The van der Waals surface area contributed by atoms with Gasteiger partial charge in [-0.3, -0.25) is 0 Å². The Kier molecular flexibility index (Phi) is 3.85. The minimum atomic E-state index is -0.903. The maximum absolute atomic E-state index is 10.6. The maximum atomic E-state index is 10.6. The first-order valence-corrected chi connectivity index (χ1v) is 7.31. The molecule has 1 heterocycles. The van der Waals surface area contributed by atoms with Crippen LogP contribution in [-0.4, -0.2) is 10.1 Å². The van der Waals surface area contributed by atoms with Gasteiger partial charge in [-0.2, -0.15) is 0 Å². The molecule has 1 N–H and O–H groups in total. The Balaban J connectivity index is 2.13. The first-order chi connectivity index (χ1) is 10.1. The van der Waals surface area contributed by atoms with Gasteiger partial charge in [-0.25, -0.2) is 4.98 Å². The normalized spacial score (nSPS) is 12.6. The molecule has 0 fully saturated rings. The molecule has 0 aliphatic heterocycles. The van der Waals surface area contributed by atoms with Crippen LogP contribution in [0.4, 0.5) is 0 Å². The number of aryl methyl sites for hydroxylation is 1. The number of nitrogens with zero attached hydrogens (tertiary/aromatic N) is 1. The second-order valence-corrected chi connectivity index (χ2v) is 5.79. The number of benzene rings is 2. The number of aromatic nitrogens is 1. The van der Waals surface area contributed by atoms with Crippen LogP contribution in [0.25, 0.3) is 10.9 Å². The Morgan fingerprint density at radius 1 is 1.05 bits per heavy atom. The van der Waals surface area contributed by atoms with Crippen LogP contribution >= 0.6 is 23.2 Å². The summed E-state index contributed by atoms with van der Waals surface area (Å²) in [6.07, 6.45) is -0.903. The molecule has 2 nitrogen and oxygen atoms in total. The number of para-hydroxylation sites is 1. The molecular formula is C17H13Cl2NO. The van der Waals surface area contributed by atoms with Gasteiger partial charge in [-0.15, -0.1) is 0 Å². The molecule has 1 atom stereocenters. The van der Waals surface area contributed by atoms with E-state index in [1.165, 1.54) is 0 Å². The highest BCUT2D eigenvalue weighted by Gasteiger charge is 2.17. The van der Waals surface area contributed by atoms with Crippen molar-refractivity contribution in [3.8, 4) is 0 Å². The van der Waals surface area contributed by atoms with Gasteiger partial charge in [0.2, 0.25) is 0 Å². The first-order valence-electron chi connectivity index (χ1n) is 6.55. The number of aliphatic hydroxyl groups is 1. The average molecular weight is 318 g/mol. The third-order valence-electron chi connectivity index (χ3n) is 3.48. The number of pyridine rings is 1. The topological polar surface area (TPSA) is 33.1 Å². The SMILES string of the molecule is Cc1cc(C(O)c2cc(Cl)ccc2Cl)nc2ccccc12. The zero-order valence-electron chi connectivity index (χ0n) is 11.3. The molecule has 106 valence electrons. The van der Waals surface area contributed by atoms with Crippen molar-refractivity contribution in [2.75, 3.05) is 0 Å². The Labute approximate surface area is 133 Å². The lowest BCUT2D eigenvalue weighted by Crippen LogP contribution is -2.04. The lowest BCUT2D eigenvalue weighted by Gasteiger charge is -2.14. The lowest BCUT2D eigenvalue weighted by atomic mass is 10.0. The molecule has 21 heavy (non-hydrogen) atoms. The predicted molar refractivity (Wildman–Crippen MR) is 87.0 cm³/mol. The van der Waals surface area contributed by atoms with Gasteiger partial charge in [-0.05, 0) is 42.8 Å². The van der Waals surface area contributed by atoms with Crippen LogP contribution in [0, 0.1) is 6.92 Å². The highest BCUT2D eigenvalue weighted by molar-refractivity contribution is 6.33. The van der Waals surface area contributed by atoms with Crippen LogP contribution in [0.1, 0.15) is 22.9 Å². The minimum absolute atomic E-state index is 0.472. The van der Waals surface area contributed by atoms with E-state index in [1.807, 2.05) is 37.3 Å². The molecule has 0 saturated carbocycles. The second-order valence-electron chi connectivity index (χ2n) is 4.95. The number of hydrogen-bond donors (Lipinski definition) is 1. The first kappa shape index (κ1) is 14.3. The fourth-order valence-electron chi connectivity index (χ4n) is 2.40. The number of rotatable bonds is 2. The summed E-state index contributed by atoms with van der Waals surface area (Å²) in [5, 5.41) is 12.7. The van der Waals surface area contributed by atoms with Crippen LogP contribution in [0.3, 0.4) is 0 Å². The summed E-state index contributed by atoms with van der Waals surface area (Å²) >= 11 is 12.1. The molecule has 1 unspecified atom stereocenters. The maximum Gasteiger partial charge on any atom is 0.122 e. The van der Waals surface area contributed by atoms with Crippen molar-refractivity contribution >= 4 is 34.1 Å². The Bertz CT molecular complexity index is 817. The van der Waals surface area contributed by atoms with E-state index < -0.39 is 6.10 Å². The van der Waals surface area contributed by atoms with Crippen molar-refractivity contribution < 1.29 is 5.11 Å². The third kappa shape index (κ3) is 2.75. The van der Waals surface area contributed by atoms with E-state index in [0.717, 1.165) is 16.5 Å². The molecule has 3 aromatic rings. The van der Waals surface area contributed by atoms with Crippen molar-refractivity contribution in [1.29, 1.82) is 0 Å². The van der Waals surface area contributed by atoms with Crippen molar-refractivity contribution in [2.24, 2.45) is 0 Å². The van der Waals surface area contributed by atoms with Gasteiger partial charge < -0.3 is 5.11 Å². The van der Waals surface area contributed by atoms with Gasteiger partial charge in [-0.1, -0.05) is 41.4 Å². The molecular weight excluding hydrogens is 305 g/mol. The van der Waals surface area contributed by atoms with Gasteiger partial charge in [0, 0.05) is 21.0 Å². The molecule has 2 aromatic carbocycles. The van der Waals surface area contributed by atoms with Gasteiger partial charge >= 0.3 is 0 Å². The number of fused-ring (bicyclic) bond motifs is 1. The standard InChI is InChI=1S/C17H13Cl2NO/c1-10-8-16(20-15-5-3-2-4-12(10)15)17(21)13-9-11(18)6-7-14(13)19/h2-9,17,21H,1H3. The van der Waals surface area contributed by atoms with Gasteiger partial charge in [0.05, 0.1) is 11.2 Å². The Morgan fingerprint density at radius 2 is 1.81 bits per heavy atom. The van der Waals surface area contributed by atoms with Crippen LogP contribution in [0.15, 0.2) is 48.5 Å². The minimum Gasteiger partial charge on any atom is -0.382 e. The van der Waals surface area contributed by atoms with Crippen LogP contribution in [-0.2, 0) is 0 Å². The molecule has 3 rings (SSSR count). The number of hydrogen-bond acceptors (Lipinski definition) is 2. The quantitative estimate of drug-likeness (QED) is 0.726. The largest absolute Gasteiger partial charge is 0.382 e. The summed E-state index contributed by atoms with van der Waals surface area (Å²) in [5.74, 6) is 0. The molecule has 1 aromatic heterocycles. The zero-order valence-corrected chi connectivity index (χ0v) is 12.9. The van der Waals surface area contributed by atoms with Gasteiger partial charge in [0.25, 0.3) is 0 Å². The van der Waals surface area contributed by atoms with Crippen molar-refractivity contribution in [1.82, 2.24) is 4.98 Å². The van der Waals surface area contributed by atoms with Crippen molar-refractivity contribution in [3.05, 3.63) is 75.4 Å². The molecule has 0 saturated heterocycles. The molecule has 0 aliphatic rings. The van der Waals surface area contributed by atoms with Gasteiger partial charge in [0.15, 0.2) is 0 Å². The van der Waals surface area contributed by atoms with E-state index >= 15 is 0 Å². The molecule has 0 bridgehead atoms. The van der Waals surface area contributed by atoms with Gasteiger partial charge in [0.1, 0.15) is 6.10 Å². The fourth-order valence-corrected chi connectivity index (χ4v) is 2.80. The number of halogens is 2. The average Bonchev–Trinajstić information content (AvgIpc) is 2.49. The highest BCUT2D eigenvalue weighted by Crippen LogP contribution is 2.31. The van der Waals surface area contributed by atoms with Crippen LogP contribution in [0.2, 0.25) is 10.0 Å². The van der Waals surface area contributed by atoms with Crippen molar-refractivity contribution in [2.45, 2.75) is 13.0 Å². The molecule has 4 heteroatoms. The van der Waals surface area contributed by atoms with E-state index in [-0.39, 0.29) is 0 Å². The zero-order chi connectivity index (χ0) is 15.0. The summed E-state index contributed by atoms with van der Waals surface area (Å²) in [6.45, 7) is 2.00. The van der Waals surface area contributed by atoms with Crippen molar-refractivity contribution in [3.63, 3.8) is 0 Å². The third-order valence-corrected chi connectivity index (χ3v) is 4.05. The smallest absolute Gasteiger partial charge is 0.122 e. The second kappa shape index (κ2) is 5.64. The molecule has 0 aliphatic carbocycles. The summed E-state index contributed by atoms with van der Waals surface area (Å²) in [4.78, 5) is 4.53. The Hall–Kier alpha value is -1.61. The Morgan fingerprint density at radius 3 is 2.62 bits per heavy atom. The highest BCUT2D eigenvalue weighted by atomic mass is 35.5. The number of aliphatic hydroxyl groups excluding tert-OH is 1. The lowest BCUT2D eigenvalue weighted by molar-refractivity contribution is 0.216. The fraction of sp³-hybridized carbons (Fsp3) is 0.118.